The lowest BCUT2D eigenvalue weighted by atomic mass is 10.0. The minimum Gasteiger partial charge on any atom is -0.633 e. The molecule has 0 saturated heterocycles. The molecule has 8 heterocycles. The summed E-state index contributed by atoms with van der Waals surface area (Å²) in [4.78, 5) is 114. The Morgan fingerprint density at radius 3 is 0.955 bits per heavy atom. The van der Waals surface area contributed by atoms with Crippen LogP contribution in [0.4, 0.5) is 40.3 Å². The molecule has 111 heavy (non-hydrogen) atoms. The molecule has 13 N–H and O–H groups in total. The standard InChI is InChI=1S/C22H27FN4O3.C22H27FN4O2.C20H23FN4O2.C19H20FN3O2/c1-5-27(30,6-2)10-9-24-22(29)20-13(3)19(25-14(20)4)12-17-16-11-15(23)7-8-18(16)26-21(17)28;1-5-27(6-2)10-9-24-22(29)20-13(3)19(25-14(20)4)12-17-16-11-15(23)7-8-18(16)26-21(17)28;1-4-22-7-8-23-20(27)18-11(2)17(24-12(18)3)10-15-14-9-13(21)5-6-16(14)25-19(15)26;1-4-7-21-19(25)17-10(2)16(22-11(17)3)9-14-13-8-12(20)5-6-15(13)23-18(14)24/h7-8,11-12,25H,5-6,9-10H2,1-4H3,(H,24,29)(H,26,28);7-8,11-12,25H,5-6,9-10H2,1-4H3,(H,24,29)(H,26,28);5-6,9-10,22,24H,4,7-8H2,1-3H3,(H,23,27)(H,25,26);5-6,8-9,22H,4,7H2,1-3H3,(H,21,25)(H,23,24)/b2*17-12-;15-10-;14-9-. The van der Waals surface area contributed by atoms with Crippen molar-refractivity contribution in [3.05, 3.63) is 214 Å². The zero-order valence-corrected chi connectivity index (χ0v) is 65.0. The number of nitrogens with one attached hydrogen (secondary N) is 13. The molecule has 28 heteroatoms. The second-order valence-corrected chi connectivity index (χ2v) is 27.3. The van der Waals surface area contributed by atoms with Crippen LogP contribution in [0.1, 0.15) is 179 Å². The number of amides is 8. The van der Waals surface area contributed by atoms with Gasteiger partial charge in [0.2, 0.25) is 0 Å². The van der Waals surface area contributed by atoms with E-state index in [1.54, 1.807) is 56.4 Å². The number of benzene rings is 4. The number of carbonyl (C=O) groups excluding carboxylic acids is 8. The van der Waals surface area contributed by atoms with Crippen molar-refractivity contribution < 1.29 is 60.6 Å². The van der Waals surface area contributed by atoms with E-state index >= 15 is 0 Å². The van der Waals surface area contributed by atoms with E-state index in [9.17, 15) is 61.1 Å². The Balaban J connectivity index is 0.000000170. The van der Waals surface area contributed by atoms with Crippen molar-refractivity contribution in [1.82, 2.24) is 51.4 Å². The van der Waals surface area contributed by atoms with Crippen LogP contribution in [0.15, 0.2) is 72.8 Å². The second kappa shape index (κ2) is 36.7. The first-order chi connectivity index (χ1) is 52.9. The van der Waals surface area contributed by atoms with Crippen molar-refractivity contribution >= 4 is 117 Å². The molecule has 8 aromatic rings. The van der Waals surface area contributed by atoms with Gasteiger partial charge in [-0.15, -0.1) is 0 Å². The zero-order chi connectivity index (χ0) is 80.9. The predicted octanol–water partition coefficient (Wildman–Crippen LogP) is 12.7. The van der Waals surface area contributed by atoms with E-state index in [4.69, 9.17) is 0 Å². The molecule has 0 aliphatic carbocycles. The molecular weight excluding hydrogens is 1430 g/mol. The van der Waals surface area contributed by atoms with Gasteiger partial charge in [0.1, 0.15) is 23.3 Å². The molecule has 0 radical (unpaired) electrons. The van der Waals surface area contributed by atoms with Crippen LogP contribution >= 0.6 is 0 Å². The molecule has 0 atom stereocenters. The van der Waals surface area contributed by atoms with Gasteiger partial charge in [-0.05, 0) is 215 Å². The van der Waals surface area contributed by atoms with E-state index in [2.05, 4.69) is 86.5 Å². The van der Waals surface area contributed by atoms with Crippen LogP contribution in [0, 0.1) is 83.9 Å². The molecular formula is C83H97F4N15O9. The van der Waals surface area contributed by atoms with E-state index in [0.29, 0.717) is 169 Å². The van der Waals surface area contributed by atoms with E-state index in [1.807, 2.05) is 69.2 Å². The molecule has 4 aromatic heterocycles. The Bertz CT molecular complexity index is 5060. The number of hydrogen-bond acceptors (Lipinski definition) is 11. The number of aromatic amines is 4. The van der Waals surface area contributed by atoms with E-state index < -0.39 is 23.3 Å². The number of H-pyrrole nitrogens is 4. The van der Waals surface area contributed by atoms with Crippen LogP contribution in [0.25, 0.3) is 46.6 Å². The number of hydroxylamine groups is 3. The van der Waals surface area contributed by atoms with Gasteiger partial charge in [-0.3, -0.25) is 38.4 Å². The Hall–Kier alpha value is -11.7. The summed E-state index contributed by atoms with van der Waals surface area (Å²) < 4.78 is 54.1. The van der Waals surface area contributed by atoms with Gasteiger partial charge in [-0.2, -0.15) is 0 Å². The van der Waals surface area contributed by atoms with E-state index in [0.717, 1.165) is 66.4 Å². The highest BCUT2D eigenvalue weighted by molar-refractivity contribution is 6.37. The van der Waals surface area contributed by atoms with Crippen LogP contribution < -0.4 is 47.9 Å². The van der Waals surface area contributed by atoms with Gasteiger partial charge in [0.25, 0.3) is 47.3 Å². The third-order valence-corrected chi connectivity index (χ3v) is 20.0. The molecule has 24 nitrogen and oxygen atoms in total. The minimum absolute atomic E-state index is 0.139. The van der Waals surface area contributed by atoms with Crippen LogP contribution in [0.2, 0.25) is 0 Å². The van der Waals surface area contributed by atoms with Crippen molar-refractivity contribution in [2.75, 3.05) is 99.8 Å². The SMILES string of the molecule is CCCNC(=O)c1c(C)[nH]c(/C=C2\C(=O)Nc3ccc(F)cc32)c1C.CCN(CC)CCNC(=O)c1c(C)[nH]c(/C=C2\C(=O)Nc3ccc(F)cc32)c1C.CCNCCNC(=O)c1c(C)[nH]c(/C=C2\C(=O)Nc3ccc(F)cc32)c1C.CC[N+]([O-])(CC)CCNC(=O)c1c(C)[nH]c(/C=C2\C(=O)Nc3ccc(F)cc32)c1C. The van der Waals surface area contributed by atoms with E-state index in [-0.39, 0.29) is 58.4 Å². The molecule has 0 unspecified atom stereocenters. The van der Waals surface area contributed by atoms with Crippen molar-refractivity contribution in [3.8, 4) is 0 Å². The summed E-state index contributed by atoms with van der Waals surface area (Å²) >= 11 is 0. The fraction of sp³-hybridized carbons (Fsp3) is 0.325. The quantitative estimate of drug-likeness (QED) is 0.00886. The molecule has 12 rings (SSSR count). The highest BCUT2D eigenvalue weighted by Crippen LogP contribution is 2.39. The lowest BCUT2D eigenvalue weighted by Gasteiger charge is -2.41. The minimum atomic E-state index is -0.428. The first-order valence-corrected chi connectivity index (χ1v) is 37.1. The lowest BCUT2D eigenvalue weighted by Crippen LogP contribution is -2.46. The number of carbonyl (C=O) groups is 8. The number of aryl methyl sites for hydroxylation is 4. The summed E-state index contributed by atoms with van der Waals surface area (Å²) in [5, 5.41) is 37.9. The van der Waals surface area contributed by atoms with Crippen molar-refractivity contribution in [3.63, 3.8) is 0 Å². The highest BCUT2D eigenvalue weighted by atomic mass is 19.1. The fourth-order valence-electron chi connectivity index (χ4n) is 13.6. The first kappa shape index (κ1) is 83.3. The Labute approximate surface area is 642 Å². The van der Waals surface area contributed by atoms with Gasteiger partial charge in [0, 0.05) is 123 Å². The number of halogens is 4. The number of aromatic nitrogens is 4. The summed E-state index contributed by atoms with van der Waals surface area (Å²) in [6, 6.07) is 16.7. The number of anilines is 4. The van der Waals surface area contributed by atoms with Gasteiger partial charge in [0.05, 0.1) is 70.7 Å². The molecule has 0 spiro atoms. The van der Waals surface area contributed by atoms with Gasteiger partial charge in [-0.1, -0.05) is 27.7 Å². The molecule has 0 saturated carbocycles. The number of quaternary nitrogens is 1. The number of hydrogen-bond donors (Lipinski definition) is 13. The number of likely N-dealkylation sites (N-methyl/N-ethyl adjacent to an activating group) is 3. The Kier molecular flexibility index (Phi) is 27.5. The van der Waals surface area contributed by atoms with Gasteiger partial charge in [-0.25, -0.2) is 17.6 Å². The summed E-state index contributed by atoms with van der Waals surface area (Å²) in [7, 11) is 0. The van der Waals surface area contributed by atoms with Gasteiger partial charge in [0.15, 0.2) is 0 Å². The van der Waals surface area contributed by atoms with Crippen LogP contribution in [-0.4, -0.2) is 155 Å². The maximum absolute atomic E-state index is 13.7. The summed E-state index contributed by atoms with van der Waals surface area (Å²) in [6.07, 6.45) is 7.49. The van der Waals surface area contributed by atoms with Crippen molar-refractivity contribution in [2.45, 2.75) is 103 Å². The summed E-state index contributed by atoms with van der Waals surface area (Å²) in [5.41, 5.74) is 16.4. The van der Waals surface area contributed by atoms with Crippen LogP contribution in [-0.2, 0) is 19.2 Å². The number of rotatable bonds is 24. The Morgan fingerprint density at radius 1 is 0.405 bits per heavy atom. The van der Waals surface area contributed by atoms with Gasteiger partial charge >= 0.3 is 0 Å². The molecule has 0 bridgehead atoms. The smallest absolute Gasteiger partial charge is 0.256 e. The molecule has 8 amide bonds. The molecule has 4 aliphatic heterocycles. The zero-order valence-electron chi connectivity index (χ0n) is 65.0. The van der Waals surface area contributed by atoms with Crippen molar-refractivity contribution in [2.24, 2.45) is 0 Å². The number of fused-ring (bicyclic) bond motifs is 4. The van der Waals surface area contributed by atoms with Crippen LogP contribution in [0.3, 0.4) is 0 Å². The third kappa shape index (κ3) is 19.3. The first-order valence-electron chi connectivity index (χ1n) is 37.1. The second-order valence-electron chi connectivity index (χ2n) is 27.3. The summed E-state index contributed by atoms with van der Waals surface area (Å²) in [6.45, 7) is 33.8. The highest BCUT2D eigenvalue weighted by Gasteiger charge is 2.32. The van der Waals surface area contributed by atoms with Gasteiger partial charge < -0.3 is 82.5 Å². The van der Waals surface area contributed by atoms with E-state index in [1.165, 1.54) is 54.6 Å². The summed E-state index contributed by atoms with van der Waals surface area (Å²) in [5.74, 6) is -3.55. The average Bonchev–Trinajstić information content (AvgIpc) is 1.65. The largest absolute Gasteiger partial charge is 0.633 e. The predicted molar refractivity (Wildman–Crippen MR) is 428 cm³/mol. The molecule has 0 fully saturated rings. The number of nitrogens with zero attached hydrogens (tertiary/aromatic N) is 2. The normalized spacial score (nSPS) is 14.5. The molecule has 4 aromatic carbocycles. The maximum Gasteiger partial charge on any atom is 0.256 e. The lowest BCUT2D eigenvalue weighted by molar-refractivity contribution is -0.875. The fourth-order valence-corrected chi connectivity index (χ4v) is 13.6. The average molecular weight is 1520 g/mol. The monoisotopic (exact) mass is 1520 g/mol. The Morgan fingerprint density at radius 2 is 0.685 bits per heavy atom. The maximum atomic E-state index is 13.7. The van der Waals surface area contributed by atoms with Crippen LogP contribution in [0.5, 0.6) is 0 Å². The van der Waals surface area contributed by atoms with Crippen molar-refractivity contribution in [1.29, 1.82) is 0 Å². The molecule has 586 valence electrons. The molecule has 4 aliphatic rings. The topological polar surface area (TPSA) is 334 Å². The third-order valence-electron chi connectivity index (χ3n) is 20.0.